The first kappa shape index (κ1) is 17.0. The molecular weight excluding hydrogens is 288 g/mol. The Bertz CT molecular complexity index is 591. The molecule has 0 saturated carbocycles. The maximum atomic E-state index is 4.65. The number of imidazole rings is 1. The van der Waals surface area contributed by atoms with Crippen molar-refractivity contribution in [2.24, 2.45) is 4.99 Å². The maximum absolute atomic E-state index is 4.65. The summed E-state index contributed by atoms with van der Waals surface area (Å²) in [5.41, 5.74) is 1.12. The van der Waals surface area contributed by atoms with Crippen LogP contribution in [0.2, 0.25) is 0 Å². The van der Waals surface area contributed by atoms with Crippen LogP contribution >= 0.6 is 0 Å². The molecule has 0 atom stereocenters. The van der Waals surface area contributed by atoms with Crippen LogP contribution in [0.25, 0.3) is 5.82 Å². The van der Waals surface area contributed by atoms with Crippen molar-refractivity contribution in [3.63, 3.8) is 0 Å². The number of aliphatic imine (C=N–C) groups is 1. The molecule has 0 amide bonds. The zero-order valence-corrected chi connectivity index (χ0v) is 14.0. The minimum Gasteiger partial charge on any atom is -0.357 e. The Labute approximate surface area is 138 Å². The van der Waals surface area contributed by atoms with E-state index in [0.717, 1.165) is 30.4 Å². The third-order valence-corrected chi connectivity index (χ3v) is 3.42. The van der Waals surface area contributed by atoms with Gasteiger partial charge in [-0.1, -0.05) is 19.8 Å². The molecule has 2 rings (SSSR count). The summed E-state index contributed by atoms with van der Waals surface area (Å²) in [6, 6.07) is 4.02. The molecule has 0 spiro atoms. The monoisotopic (exact) mass is 314 g/mol. The minimum atomic E-state index is 0.618. The van der Waals surface area contributed by atoms with Crippen molar-refractivity contribution in [3.05, 3.63) is 42.6 Å². The highest BCUT2D eigenvalue weighted by Crippen LogP contribution is 2.07. The van der Waals surface area contributed by atoms with Crippen LogP contribution in [0.4, 0.5) is 0 Å². The van der Waals surface area contributed by atoms with E-state index in [1.54, 1.807) is 12.5 Å². The molecule has 2 aromatic heterocycles. The Kier molecular flexibility index (Phi) is 7.10. The van der Waals surface area contributed by atoms with Gasteiger partial charge in [-0.25, -0.2) is 15.0 Å². The number of aromatic nitrogens is 3. The van der Waals surface area contributed by atoms with Crippen molar-refractivity contribution in [2.75, 3.05) is 13.1 Å². The fourth-order valence-electron chi connectivity index (χ4n) is 2.19. The van der Waals surface area contributed by atoms with Crippen molar-refractivity contribution in [2.45, 2.75) is 39.7 Å². The van der Waals surface area contributed by atoms with E-state index in [1.807, 2.05) is 29.1 Å². The van der Waals surface area contributed by atoms with E-state index in [-0.39, 0.29) is 0 Å². The highest BCUT2D eigenvalue weighted by molar-refractivity contribution is 5.79. The second-order valence-corrected chi connectivity index (χ2v) is 5.32. The predicted molar refractivity (Wildman–Crippen MR) is 93.7 cm³/mol. The minimum absolute atomic E-state index is 0.618. The zero-order chi connectivity index (χ0) is 16.3. The summed E-state index contributed by atoms with van der Waals surface area (Å²) in [7, 11) is 0. The smallest absolute Gasteiger partial charge is 0.191 e. The Morgan fingerprint density at radius 2 is 2.13 bits per heavy atom. The maximum Gasteiger partial charge on any atom is 0.191 e. The number of nitrogens with zero attached hydrogens (tertiary/aromatic N) is 4. The molecule has 124 valence electrons. The van der Waals surface area contributed by atoms with Gasteiger partial charge in [0.15, 0.2) is 5.96 Å². The Morgan fingerprint density at radius 3 is 2.87 bits per heavy atom. The summed E-state index contributed by atoms with van der Waals surface area (Å²) in [4.78, 5) is 13.1. The molecule has 0 unspecified atom stereocenters. The third kappa shape index (κ3) is 5.73. The average molecular weight is 314 g/mol. The number of hydrogen-bond acceptors (Lipinski definition) is 3. The molecule has 0 aliphatic carbocycles. The molecule has 2 N–H and O–H groups in total. The zero-order valence-electron chi connectivity index (χ0n) is 14.0. The van der Waals surface area contributed by atoms with Gasteiger partial charge in [-0.05, 0) is 31.0 Å². The number of pyridine rings is 1. The van der Waals surface area contributed by atoms with E-state index in [4.69, 9.17) is 0 Å². The fourth-order valence-corrected chi connectivity index (χ4v) is 2.19. The topological polar surface area (TPSA) is 67.1 Å². The molecule has 0 aliphatic heterocycles. The lowest BCUT2D eigenvalue weighted by molar-refractivity contribution is 0.683. The average Bonchev–Trinajstić information content (AvgIpc) is 3.11. The number of nitrogens with one attached hydrogen (secondary N) is 2. The van der Waals surface area contributed by atoms with Gasteiger partial charge in [-0.15, -0.1) is 0 Å². The summed E-state index contributed by atoms with van der Waals surface area (Å²) < 4.78 is 1.89. The van der Waals surface area contributed by atoms with Gasteiger partial charge in [-0.3, -0.25) is 4.57 Å². The molecule has 0 fully saturated rings. The highest BCUT2D eigenvalue weighted by Gasteiger charge is 2.01. The van der Waals surface area contributed by atoms with Crippen LogP contribution in [-0.2, 0) is 6.54 Å². The van der Waals surface area contributed by atoms with Gasteiger partial charge >= 0.3 is 0 Å². The highest BCUT2D eigenvalue weighted by atomic mass is 15.2. The molecule has 6 nitrogen and oxygen atoms in total. The quantitative estimate of drug-likeness (QED) is 0.446. The first-order valence-electron chi connectivity index (χ1n) is 8.29. The van der Waals surface area contributed by atoms with Crippen LogP contribution in [0, 0.1) is 0 Å². The molecule has 0 saturated heterocycles. The Morgan fingerprint density at radius 1 is 1.22 bits per heavy atom. The van der Waals surface area contributed by atoms with Gasteiger partial charge in [0.1, 0.15) is 12.1 Å². The molecule has 0 radical (unpaired) electrons. The van der Waals surface area contributed by atoms with Crippen LogP contribution in [-0.4, -0.2) is 33.6 Å². The largest absolute Gasteiger partial charge is 0.357 e. The van der Waals surface area contributed by atoms with Gasteiger partial charge in [0.25, 0.3) is 0 Å². The molecule has 2 aromatic rings. The van der Waals surface area contributed by atoms with Crippen LogP contribution in [0.1, 0.15) is 38.7 Å². The second-order valence-electron chi connectivity index (χ2n) is 5.32. The number of hydrogen-bond donors (Lipinski definition) is 2. The van der Waals surface area contributed by atoms with Crippen LogP contribution in [0.3, 0.4) is 0 Å². The van der Waals surface area contributed by atoms with E-state index < -0.39 is 0 Å². The van der Waals surface area contributed by atoms with Crippen LogP contribution < -0.4 is 10.6 Å². The van der Waals surface area contributed by atoms with Crippen molar-refractivity contribution in [1.82, 2.24) is 25.2 Å². The molecule has 0 bridgehead atoms. The molecule has 23 heavy (non-hydrogen) atoms. The molecule has 0 aromatic carbocycles. The number of guanidine groups is 1. The molecule has 6 heteroatoms. The molecule has 0 aliphatic rings. The standard InChI is InChI=1S/C17H26N6/c1-3-5-6-8-21-17(19-4-2)22-13-15-7-9-20-16(12-15)23-11-10-18-14-23/h7,9-12,14H,3-6,8,13H2,1-2H3,(H2,19,21,22). The van der Waals surface area contributed by atoms with Gasteiger partial charge in [-0.2, -0.15) is 0 Å². The normalized spacial score (nSPS) is 11.5. The first-order valence-corrected chi connectivity index (χ1v) is 8.29. The number of unbranched alkanes of at least 4 members (excludes halogenated alkanes) is 2. The Balaban J connectivity index is 1.96. The predicted octanol–water partition coefficient (Wildman–Crippen LogP) is 2.51. The lowest BCUT2D eigenvalue weighted by Crippen LogP contribution is -2.37. The van der Waals surface area contributed by atoms with Crippen molar-refractivity contribution in [1.29, 1.82) is 0 Å². The van der Waals surface area contributed by atoms with Gasteiger partial charge in [0.05, 0.1) is 6.54 Å². The van der Waals surface area contributed by atoms with Crippen molar-refractivity contribution >= 4 is 5.96 Å². The Hall–Kier alpha value is -2.37. The fraction of sp³-hybridized carbons (Fsp3) is 0.471. The summed E-state index contributed by atoms with van der Waals surface area (Å²) in [5.74, 6) is 1.72. The van der Waals surface area contributed by atoms with E-state index in [0.29, 0.717) is 6.54 Å². The lowest BCUT2D eigenvalue weighted by atomic mass is 10.2. The molecular formula is C17H26N6. The first-order chi connectivity index (χ1) is 11.3. The van der Waals surface area contributed by atoms with Crippen molar-refractivity contribution < 1.29 is 0 Å². The van der Waals surface area contributed by atoms with Crippen molar-refractivity contribution in [3.8, 4) is 5.82 Å². The molecule has 2 heterocycles. The van der Waals surface area contributed by atoms with E-state index in [2.05, 4.69) is 39.4 Å². The number of rotatable bonds is 8. The summed E-state index contributed by atoms with van der Waals surface area (Å²) in [6.07, 6.45) is 10.8. The van der Waals surface area contributed by atoms with Crippen LogP contribution in [0.15, 0.2) is 42.0 Å². The SMILES string of the molecule is CCCCCNC(=NCc1ccnc(-n2ccnc2)c1)NCC. The summed E-state index contributed by atoms with van der Waals surface area (Å²) >= 11 is 0. The van der Waals surface area contributed by atoms with Crippen LogP contribution in [0.5, 0.6) is 0 Å². The van der Waals surface area contributed by atoms with Gasteiger partial charge in [0.2, 0.25) is 0 Å². The van der Waals surface area contributed by atoms with E-state index in [1.165, 1.54) is 19.3 Å². The lowest BCUT2D eigenvalue weighted by Gasteiger charge is -2.11. The second kappa shape index (κ2) is 9.61. The van der Waals surface area contributed by atoms with Gasteiger partial charge in [0, 0.05) is 31.7 Å². The third-order valence-electron chi connectivity index (χ3n) is 3.42. The van der Waals surface area contributed by atoms with E-state index in [9.17, 15) is 0 Å². The van der Waals surface area contributed by atoms with Gasteiger partial charge < -0.3 is 10.6 Å². The summed E-state index contributed by atoms with van der Waals surface area (Å²) in [6.45, 7) is 6.72. The van der Waals surface area contributed by atoms with E-state index >= 15 is 0 Å². The summed E-state index contributed by atoms with van der Waals surface area (Å²) in [5, 5.41) is 6.66.